The van der Waals surface area contributed by atoms with Gasteiger partial charge in [0.15, 0.2) is 11.1 Å². The lowest BCUT2D eigenvalue weighted by atomic mass is 9.73. The van der Waals surface area contributed by atoms with E-state index in [9.17, 15) is 17.4 Å². The third-order valence-corrected chi connectivity index (χ3v) is 9.59. The zero-order valence-electron chi connectivity index (χ0n) is 20.1. The van der Waals surface area contributed by atoms with Gasteiger partial charge in [-0.1, -0.05) is 36.4 Å². The van der Waals surface area contributed by atoms with Crippen molar-refractivity contribution >= 4 is 38.7 Å². The minimum atomic E-state index is -3.33. The Hall–Kier alpha value is -2.47. The predicted octanol–water partition coefficient (Wildman–Crippen LogP) is 2.48. The summed E-state index contributed by atoms with van der Waals surface area (Å²) in [6.07, 6.45) is 3.34. The van der Waals surface area contributed by atoms with E-state index in [-0.39, 0.29) is 22.5 Å². The quantitative estimate of drug-likeness (QED) is 0.577. The zero-order valence-corrected chi connectivity index (χ0v) is 21.7. The van der Waals surface area contributed by atoms with E-state index in [1.807, 2.05) is 18.2 Å². The number of fused-ring (bicyclic) bond motifs is 1. The summed E-state index contributed by atoms with van der Waals surface area (Å²) in [5.74, 6) is 1.35. The standard InChI is InChI=1S/C25H30FN5O3S2/c1-36(33,34)27-17-25(18-6-3-2-4-7-18)11-13-31(14-12-25)24-29-21-10-15-35(32)22(21)23(30-24)28-20-9-5-8-19(26)16-20/h2-9,16,21-22,27H,10-15,17H2,1H3,(H,28,29,30). The van der Waals surface area contributed by atoms with Gasteiger partial charge in [-0.25, -0.2) is 22.5 Å². The molecular formula is C25H30FN5O3S2. The molecule has 3 unspecified atom stereocenters. The molecule has 0 amide bonds. The Kier molecular flexibility index (Phi) is 7.08. The molecule has 0 saturated carbocycles. The molecule has 192 valence electrons. The monoisotopic (exact) mass is 531 g/mol. The van der Waals surface area contributed by atoms with E-state index in [0.29, 0.717) is 49.3 Å². The van der Waals surface area contributed by atoms with Gasteiger partial charge in [0.05, 0.1) is 6.26 Å². The molecule has 3 heterocycles. The Morgan fingerprint density at radius 1 is 1.17 bits per heavy atom. The summed E-state index contributed by atoms with van der Waals surface area (Å²) in [4.78, 5) is 11.8. The van der Waals surface area contributed by atoms with Crippen molar-refractivity contribution in [2.24, 2.45) is 9.98 Å². The number of hydrogen-bond acceptors (Lipinski definition) is 7. The van der Waals surface area contributed by atoms with Crippen LogP contribution in [0.3, 0.4) is 0 Å². The Morgan fingerprint density at radius 2 is 1.92 bits per heavy atom. The third-order valence-electron chi connectivity index (χ3n) is 7.18. The molecule has 2 N–H and O–H groups in total. The maximum Gasteiger partial charge on any atom is 0.223 e. The molecule has 11 heteroatoms. The second kappa shape index (κ2) is 10.1. The molecule has 0 bridgehead atoms. The average molecular weight is 532 g/mol. The first kappa shape index (κ1) is 25.2. The number of halogens is 1. The van der Waals surface area contributed by atoms with Gasteiger partial charge in [-0.15, -0.1) is 0 Å². The molecule has 5 rings (SSSR count). The van der Waals surface area contributed by atoms with Crippen molar-refractivity contribution in [2.45, 2.75) is 36.0 Å². The highest BCUT2D eigenvalue weighted by atomic mass is 32.2. The molecule has 3 aliphatic heterocycles. The summed E-state index contributed by atoms with van der Waals surface area (Å²) in [7, 11) is -3.33. The summed E-state index contributed by atoms with van der Waals surface area (Å²) in [6.45, 7) is 1.63. The van der Waals surface area contributed by atoms with E-state index < -0.39 is 21.2 Å². The van der Waals surface area contributed by atoms with Crippen molar-refractivity contribution < 1.29 is 17.4 Å². The van der Waals surface area contributed by atoms with Crippen LogP contribution in [0.15, 0.2) is 64.6 Å². The van der Waals surface area contributed by atoms with Crippen LogP contribution in [0.1, 0.15) is 24.8 Å². The highest BCUT2D eigenvalue weighted by Crippen LogP contribution is 2.36. The largest absolute Gasteiger partial charge is 0.616 e. The highest BCUT2D eigenvalue weighted by molar-refractivity contribution is 7.93. The van der Waals surface area contributed by atoms with E-state index >= 15 is 0 Å². The zero-order chi connectivity index (χ0) is 25.3. The Balaban J connectivity index is 1.38. The second-order valence-corrected chi connectivity index (χ2v) is 13.2. The molecular weight excluding hydrogens is 501 g/mol. The van der Waals surface area contributed by atoms with Crippen molar-refractivity contribution in [2.75, 3.05) is 37.0 Å². The topological polar surface area (TPSA) is 109 Å². The van der Waals surface area contributed by atoms with Crippen LogP contribution in [0.5, 0.6) is 0 Å². The van der Waals surface area contributed by atoms with Crippen LogP contribution in [0.2, 0.25) is 0 Å². The summed E-state index contributed by atoms with van der Waals surface area (Å²) >= 11 is -1.09. The Bertz CT molecular complexity index is 1260. The lowest BCUT2D eigenvalue weighted by Crippen LogP contribution is -2.52. The van der Waals surface area contributed by atoms with Crippen molar-refractivity contribution in [3.8, 4) is 0 Å². The van der Waals surface area contributed by atoms with Crippen LogP contribution in [0, 0.1) is 5.82 Å². The number of nitrogens with zero attached hydrogens (tertiary/aromatic N) is 3. The number of benzene rings is 2. The fraction of sp³-hybridized carbons (Fsp3) is 0.440. The molecule has 8 nitrogen and oxygen atoms in total. The van der Waals surface area contributed by atoms with Gasteiger partial charge in [0.2, 0.25) is 16.0 Å². The second-order valence-electron chi connectivity index (χ2n) is 9.65. The van der Waals surface area contributed by atoms with Gasteiger partial charge in [0, 0.05) is 37.2 Å². The molecule has 3 aliphatic rings. The molecule has 0 spiro atoms. The van der Waals surface area contributed by atoms with Gasteiger partial charge < -0.3 is 14.8 Å². The van der Waals surface area contributed by atoms with E-state index in [2.05, 4.69) is 27.1 Å². The van der Waals surface area contributed by atoms with Gasteiger partial charge in [0.1, 0.15) is 17.6 Å². The van der Waals surface area contributed by atoms with E-state index in [1.54, 1.807) is 12.1 Å². The van der Waals surface area contributed by atoms with Crippen molar-refractivity contribution in [1.29, 1.82) is 0 Å². The van der Waals surface area contributed by atoms with Crippen LogP contribution in [-0.2, 0) is 26.6 Å². The maximum atomic E-state index is 13.8. The van der Waals surface area contributed by atoms with Gasteiger partial charge >= 0.3 is 0 Å². The third kappa shape index (κ3) is 5.44. The smallest absolute Gasteiger partial charge is 0.223 e. The van der Waals surface area contributed by atoms with Crippen LogP contribution in [-0.4, -0.2) is 72.6 Å². The number of hydrogen-bond donors (Lipinski definition) is 2. The Labute approximate surface area is 214 Å². The fourth-order valence-corrected chi connectivity index (χ4v) is 7.38. The summed E-state index contributed by atoms with van der Waals surface area (Å²) in [5.41, 5.74) is 1.33. The normalized spacial score (nSPS) is 25.6. The minimum absolute atomic E-state index is 0.137. The number of nitrogens with one attached hydrogen (secondary N) is 2. The first-order valence-electron chi connectivity index (χ1n) is 12.0. The molecule has 36 heavy (non-hydrogen) atoms. The highest BCUT2D eigenvalue weighted by Gasteiger charge is 2.47. The number of piperidine rings is 1. The number of likely N-dealkylation sites (tertiary alicyclic amines) is 1. The number of aliphatic imine (C=N–C) groups is 2. The van der Waals surface area contributed by atoms with E-state index in [1.165, 1.54) is 18.4 Å². The predicted molar refractivity (Wildman–Crippen MR) is 142 cm³/mol. The van der Waals surface area contributed by atoms with Crippen LogP contribution in [0.4, 0.5) is 10.1 Å². The van der Waals surface area contributed by atoms with Crippen LogP contribution >= 0.6 is 0 Å². The lowest BCUT2D eigenvalue weighted by Gasteiger charge is -2.43. The summed E-state index contributed by atoms with van der Waals surface area (Å²) < 4.78 is 53.0. The first-order chi connectivity index (χ1) is 17.2. The fourth-order valence-electron chi connectivity index (χ4n) is 5.21. The molecule has 2 saturated heterocycles. The minimum Gasteiger partial charge on any atom is -0.616 e. The number of anilines is 1. The Morgan fingerprint density at radius 3 is 2.61 bits per heavy atom. The van der Waals surface area contributed by atoms with Gasteiger partial charge in [0.25, 0.3) is 0 Å². The maximum absolute atomic E-state index is 13.8. The first-order valence-corrected chi connectivity index (χ1v) is 15.3. The van der Waals surface area contributed by atoms with E-state index in [4.69, 9.17) is 9.98 Å². The molecule has 2 aromatic rings. The van der Waals surface area contributed by atoms with Crippen LogP contribution in [0.25, 0.3) is 0 Å². The number of rotatable bonds is 5. The van der Waals surface area contributed by atoms with Gasteiger partial charge in [-0.2, -0.15) is 4.99 Å². The molecule has 0 radical (unpaired) electrons. The van der Waals surface area contributed by atoms with Crippen molar-refractivity contribution in [1.82, 2.24) is 9.62 Å². The number of guanidine groups is 1. The lowest BCUT2D eigenvalue weighted by molar-refractivity contribution is 0.223. The SMILES string of the molecule is CS(=O)(=O)NCC1(c2ccccc2)CCN(C2=NC3CC[S+]([O-])C3C(Nc3cccc(F)c3)=N2)CC1. The number of amidine groups is 1. The van der Waals surface area contributed by atoms with Gasteiger partial charge in [-0.05, 0) is 47.8 Å². The van der Waals surface area contributed by atoms with Gasteiger partial charge in [-0.3, -0.25) is 0 Å². The molecule has 3 atom stereocenters. The molecule has 0 aromatic heterocycles. The van der Waals surface area contributed by atoms with Crippen molar-refractivity contribution in [3.63, 3.8) is 0 Å². The summed E-state index contributed by atoms with van der Waals surface area (Å²) in [6, 6.07) is 16.0. The van der Waals surface area contributed by atoms with Crippen LogP contribution < -0.4 is 10.0 Å². The average Bonchev–Trinajstić information content (AvgIpc) is 3.24. The van der Waals surface area contributed by atoms with E-state index in [0.717, 1.165) is 18.4 Å². The summed E-state index contributed by atoms with van der Waals surface area (Å²) in [5, 5.41) is 2.87. The molecule has 0 aliphatic carbocycles. The number of sulfonamides is 1. The van der Waals surface area contributed by atoms with Crippen molar-refractivity contribution in [3.05, 3.63) is 66.0 Å². The molecule has 2 aromatic carbocycles. The molecule has 2 fully saturated rings.